The van der Waals surface area contributed by atoms with E-state index in [0.29, 0.717) is 18.5 Å². The van der Waals surface area contributed by atoms with Crippen molar-refractivity contribution in [3.8, 4) is 5.69 Å². The molecular formula is C29H34FN3O5S. The number of aliphatic hydroxyl groups excluding tert-OH is 1. The third-order valence-electron chi connectivity index (χ3n) is 10.4. The minimum atomic E-state index is -1.39. The van der Waals surface area contributed by atoms with E-state index in [0.717, 1.165) is 36.9 Å². The monoisotopic (exact) mass is 555 g/mol. The van der Waals surface area contributed by atoms with Crippen molar-refractivity contribution in [1.82, 2.24) is 14.8 Å². The minimum Gasteiger partial charge on any atom is -0.448 e. The van der Waals surface area contributed by atoms with Crippen LogP contribution < -0.4 is 0 Å². The predicted molar refractivity (Wildman–Crippen MR) is 143 cm³/mol. The van der Waals surface area contributed by atoms with Gasteiger partial charge in [0.2, 0.25) is 11.1 Å². The number of thiol groups is 1. The summed E-state index contributed by atoms with van der Waals surface area (Å²) < 4.78 is 26.0. The highest BCUT2D eigenvalue weighted by molar-refractivity contribution is 7.96. The van der Waals surface area contributed by atoms with E-state index < -0.39 is 34.2 Å². The van der Waals surface area contributed by atoms with Gasteiger partial charge in [-0.3, -0.25) is 4.79 Å². The first kappa shape index (κ1) is 26.7. The molecule has 8 nitrogen and oxygen atoms in total. The summed E-state index contributed by atoms with van der Waals surface area (Å²) in [4.78, 5) is 29.3. The third kappa shape index (κ3) is 3.78. The zero-order valence-electron chi connectivity index (χ0n) is 22.4. The summed E-state index contributed by atoms with van der Waals surface area (Å²) in [6.45, 7) is 3.99. The molecule has 7 atom stereocenters. The molecule has 208 valence electrons. The van der Waals surface area contributed by atoms with Crippen LogP contribution in [0.3, 0.4) is 0 Å². The third-order valence-corrected chi connectivity index (χ3v) is 10.8. The molecule has 39 heavy (non-hydrogen) atoms. The number of nitrogens with zero attached hydrogens (tertiary/aromatic N) is 3. The molecule has 0 saturated heterocycles. The van der Waals surface area contributed by atoms with Gasteiger partial charge in [-0.2, -0.15) is 9.49 Å². The summed E-state index contributed by atoms with van der Waals surface area (Å²) in [7, 11) is 1.41. The van der Waals surface area contributed by atoms with Crippen molar-refractivity contribution in [1.29, 1.82) is 0 Å². The fourth-order valence-corrected chi connectivity index (χ4v) is 9.19. The van der Waals surface area contributed by atoms with E-state index in [1.54, 1.807) is 10.7 Å². The van der Waals surface area contributed by atoms with E-state index in [2.05, 4.69) is 35.7 Å². The molecule has 3 fully saturated rings. The molecule has 3 saturated carbocycles. The first-order valence-corrected chi connectivity index (χ1v) is 14.0. The van der Waals surface area contributed by atoms with E-state index in [9.17, 15) is 19.1 Å². The zero-order chi connectivity index (χ0) is 27.7. The second kappa shape index (κ2) is 9.24. The molecule has 0 unspecified atom stereocenters. The Morgan fingerprint density at radius 2 is 2.05 bits per heavy atom. The van der Waals surface area contributed by atoms with Crippen LogP contribution in [0.25, 0.3) is 11.8 Å². The Hall–Kier alpha value is -2.56. The summed E-state index contributed by atoms with van der Waals surface area (Å²) in [5.41, 5.74) is 1.62. The molecule has 2 aromatic heterocycles. The average molecular weight is 556 g/mol. The van der Waals surface area contributed by atoms with Crippen LogP contribution in [0.4, 0.5) is 4.39 Å². The Bertz CT molecular complexity index is 1360. The lowest BCUT2D eigenvalue weighted by Crippen LogP contribution is -2.62. The number of aromatic nitrogens is 3. The highest BCUT2D eigenvalue weighted by Crippen LogP contribution is 2.68. The van der Waals surface area contributed by atoms with E-state index in [-0.39, 0.29) is 29.8 Å². The summed E-state index contributed by atoms with van der Waals surface area (Å²) in [5.74, 6) is -0.876. The van der Waals surface area contributed by atoms with Crippen LogP contribution in [-0.4, -0.2) is 56.4 Å². The normalized spacial score (nSPS) is 36.7. The lowest BCUT2D eigenvalue weighted by molar-refractivity contribution is -0.198. The van der Waals surface area contributed by atoms with Gasteiger partial charge < -0.3 is 14.6 Å². The van der Waals surface area contributed by atoms with Crippen molar-refractivity contribution in [2.45, 2.75) is 64.1 Å². The van der Waals surface area contributed by atoms with Crippen LogP contribution in [0, 0.1) is 34.5 Å². The molecule has 1 N–H and O–H groups in total. The highest BCUT2D eigenvalue weighted by Gasteiger charge is 2.70. The number of allylic oxidation sites excluding steroid dienone is 1. The molecule has 2 heterocycles. The average Bonchev–Trinajstić information content (AvgIpc) is 3.41. The molecule has 0 aliphatic heterocycles. The number of fused-ring (bicyclic) bond motifs is 6. The number of esters is 1. The number of pyridine rings is 1. The molecule has 0 amide bonds. The fourth-order valence-electron chi connectivity index (χ4n) is 8.78. The Kier molecular flexibility index (Phi) is 6.32. The predicted octanol–water partition coefficient (Wildman–Crippen LogP) is 3.94. The summed E-state index contributed by atoms with van der Waals surface area (Å²) in [6.07, 6.45) is 8.76. The molecule has 0 bridgehead atoms. The number of rotatable bonds is 5. The Morgan fingerprint density at radius 3 is 2.74 bits per heavy atom. The molecular weight excluding hydrogens is 521 g/mol. The molecule has 2 aromatic rings. The minimum absolute atomic E-state index is 0.0138. The summed E-state index contributed by atoms with van der Waals surface area (Å²) in [5, 5.41) is 16.0. The first-order valence-electron chi connectivity index (χ1n) is 13.6. The van der Waals surface area contributed by atoms with Gasteiger partial charge in [0.1, 0.15) is 6.61 Å². The Labute approximate surface area is 232 Å². The van der Waals surface area contributed by atoms with Gasteiger partial charge in [0, 0.05) is 12.5 Å². The van der Waals surface area contributed by atoms with E-state index >= 15 is 0 Å². The highest BCUT2D eigenvalue weighted by atomic mass is 32.1. The van der Waals surface area contributed by atoms with Crippen molar-refractivity contribution in [3.63, 3.8) is 0 Å². The number of hydrogen-bond donors (Lipinski definition) is 2. The molecule has 0 radical (unpaired) electrons. The van der Waals surface area contributed by atoms with Crippen LogP contribution in [0.5, 0.6) is 0 Å². The van der Waals surface area contributed by atoms with E-state index in [4.69, 9.17) is 9.47 Å². The molecule has 10 heteroatoms. The maximum absolute atomic E-state index is 13.4. The second-order valence-electron chi connectivity index (χ2n) is 12.2. The van der Waals surface area contributed by atoms with Crippen LogP contribution in [0.15, 0.2) is 30.1 Å². The molecule has 4 aliphatic carbocycles. The van der Waals surface area contributed by atoms with E-state index in [1.807, 2.05) is 13.1 Å². The topological polar surface area (TPSA) is 104 Å². The first-order chi connectivity index (χ1) is 18.5. The number of hydrogen-bond acceptors (Lipinski definition) is 7. The number of methoxy groups -OCH3 is 1. The van der Waals surface area contributed by atoms with Crippen molar-refractivity contribution < 1.29 is 28.6 Å². The van der Waals surface area contributed by atoms with Crippen LogP contribution in [-0.2, 0) is 25.5 Å². The SMILES string of the molecule is COCC(=O)O[C@]1(C(=O)S)CC[C@H]2[C@@H]3CCC4=Cc5c(cnn5-c5ccc(F)nc5)C[C@]4(C)[C@H]3[C@@H](O)C[C@@]21C. The summed E-state index contributed by atoms with van der Waals surface area (Å²) in [6, 6.07) is 2.99. The lowest BCUT2D eigenvalue weighted by atomic mass is 9.45. The number of halogens is 1. The molecule has 0 spiro atoms. The maximum Gasteiger partial charge on any atom is 0.333 e. The van der Waals surface area contributed by atoms with Crippen LogP contribution in [0.2, 0.25) is 0 Å². The van der Waals surface area contributed by atoms with Gasteiger partial charge in [0.15, 0.2) is 5.60 Å². The van der Waals surface area contributed by atoms with Gasteiger partial charge in [-0.05, 0) is 85.5 Å². The van der Waals surface area contributed by atoms with Crippen LogP contribution >= 0.6 is 12.6 Å². The Balaban J connectivity index is 1.34. The fraction of sp³-hybridized carbons (Fsp3) is 0.586. The van der Waals surface area contributed by atoms with Gasteiger partial charge in [0.05, 0.1) is 29.9 Å². The standard InChI is InChI=1S/C29H34FN3O5S/c1-27-11-16-13-32-33(18-5-7-23(30)31-14-18)21(16)10-17(27)4-6-19-20-8-9-29(26(36)39,38-24(35)15-37-3)28(20,2)12-22(34)25(19)27/h5,7,10,13-14,19-20,22,25,34H,4,6,8-9,11-12,15H2,1-3H3,(H,36,39)/t19-,20-,22-,25+,27-,28-,29-/m0/s1. The van der Waals surface area contributed by atoms with Crippen LogP contribution in [0.1, 0.15) is 57.2 Å². The quantitative estimate of drug-likeness (QED) is 0.327. The van der Waals surface area contributed by atoms with Gasteiger partial charge in [-0.15, -0.1) is 12.6 Å². The number of ether oxygens (including phenoxy) is 2. The maximum atomic E-state index is 13.4. The van der Waals surface area contributed by atoms with E-state index in [1.165, 1.54) is 24.9 Å². The summed E-state index contributed by atoms with van der Waals surface area (Å²) >= 11 is 4.22. The number of carbonyl (C=O) groups excluding carboxylic acids is 2. The lowest BCUT2D eigenvalue weighted by Gasteiger charge is -2.60. The van der Waals surface area contributed by atoms with Gasteiger partial charge in [-0.1, -0.05) is 19.4 Å². The van der Waals surface area contributed by atoms with Gasteiger partial charge in [0.25, 0.3) is 0 Å². The molecule has 6 rings (SSSR count). The van der Waals surface area contributed by atoms with Crippen molar-refractivity contribution in [2.24, 2.45) is 28.6 Å². The van der Waals surface area contributed by atoms with Crippen molar-refractivity contribution in [2.75, 3.05) is 13.7 Å². The Morgan fingerprint density at radius 1 is 1.26 bits per heavy atom. The molecule has 4 aliphatic rings. The van der Waals surface area contributed by atoms with Gasteiger partial charge >= 0.3 is 5.97 Å². The molecule has 0 aromatic carbocycles. The zero-order valence-corrected chi connectivity index (χ0v) is 23.3. The largest absolute Gasteiger partial charge is 0.448 e. The van der Waals surface area contributed by atoms with Crippen molar-refractivity contribution >= 4 is 29.8 Å². The second-order valence-corrected chi connectivity index (χ2v) is 12.6. The van der Waals surface area contributed by atoms with Crippen molar-refractivity contribution in [3.05, 3.63) is 47.3 Å². The van der Waals surface area contributed by atoms with Gasteiger partial charge in [-0.25, -0.2) is 14.5 Å². The number of aliphatic hydroxyl groups is 1. The smallest absolute Gasteiger partial charge is 0.333 e. The number of carbonyl (C=O) groups is 2.